The molecule has 19 heavy (non-hydrogen) atoms. The van der Waals surface area contributed by atoms with Crippen molar-refractivity contribution in [2.24, 2.45) is 4.99 Å². The summed E-state index contributed by atoms with van der Waals surface area (Å²) in [5.74, 6) is 0. The predicted molar refractivity (Wildman–Crippen MR) is 81.5 cm³/mol. The van der Waals surface area contributed by atoms with E-state index in [2.05, 4.69) is 29.8 Å². The molecule has 0 unspecified atom stereocenters. The molecule has 0 spiro atoms. The largest absolute Gasteiger partial charge is 0.277 e. The number of nitrogens with one attached hydrogen (secondary N) is 1. The molecule has 1 aromatic carbocycles. The Morgan fingerprint density at radius 1 is 1.47 bits per heavy atom. The number of hydrogen-bond acceptors (Lipinski definition) is 2. The van der Waals surface area contributed by atoms with Crippen LogP contribution in [0.1, 0.15) is 32.8 Å². The van der Waals surface area contributed by atoms with Gasteiger partial charge in [-0.2, -0.15) is 5.10 Å². The van der Waals surface area contributed by atoms with Gasteiger partial charge in [0.25, 0.3) is 0 Å². The smallest absolute Gasteiger partial charge is 0.0740 e. The second-order valence-corrected chi connectivity index (χ2v) is 4.51. The van der Waals surface area contributed by atoms with Crippen LogP contribution in [0.25, 0.3) is 10.9 Å². The lowest BCUT2D eigenvalue weighted by Crippen LogP contribution is -2.01. The van der Waals surface area contributed by atoms with Crippen LogP contribution in [0, 0.1) is 0 Å². The molecule has 0 bridgehead atoms. The maximum atomic E-state index is 4.74. The molecule has 0 amide bonds. The van der Waals surface area contributed by atoms with Crippen molar-refractivity contribution in [1.82, 2.24) is 10.2 Å². The number of hydrogen-bond donors (Lipinski definition) is 1. The standard InChI is InChI=1S/C16H19N3/c1-5-14(11(3)4)18-15(6-2)13-9-7-8-12-10-17-19-16(12)13/h5,7-10H,3,6H2,1-2,4H3,(H,17,19)/b14-5-,18-15?. The number of para-hydroxylation sites is 1. The van der Waals surface area contributed by atoms with Crippen LogP contribution in [0.4, 0.5) is 0 Å². The van der Waals surface area contributed by atoms with Gasteiger partial charge in [0.05, 0.1) is 23.1 Å². The van der Waals surface area contributed by atoms with E-state index in [-0.39, 0.29) is 0 Å². The molecule has 0 saturated heterocycles. The molecular formula is C16H19N3. The molecule has 0 radical (unpaired) electrons. The molecule has 2 aromatic rings. The summed E-state index contributed by atoms with van der Waals surface area (Å²) in [4.78, 5) is 4.74. The zero-order chi connectivity index (χ0) is 13.8. The number of allylic oxidation sites excluding steroid dienone is 2. The van der Waals surface area contributed by atoms with Gasteiger partial charge in [-0.3, -0.25) is 10.1 Å². The first-order chi connectivity index (χ1) is 9.17. The number of aromatic nitrogens is 2. The number of H-pyrrole nitrogens is 1. The number of aliphatic imine (C=N–C) groups is 1. The van der Waals surface area contributed by atoms with Crippen molar-refractivity contribution < 1.29 is 0 Å². The van der Waals surface area contributed by atoms with Crippen LogP contribution in [-0.2, 0) is 0 Å². The molecule has 3 heteroatoms. The van der Waals surface area contributed by atoms with Crippen LogP contribution in [0.3, 0.4) is 0 Å². The lowest BCUT2D eigenvalue weighted by molar-refractivity contribution is 1.11. The molecule has 98 valence electrons. The van der Waals surface area contributed by atoms with E-state index < -0.39 is 0 Å². The molecular weight excluding hydrogens is 234 g/mol. The molecule has 3 nitrogen and oxygen atoms in total. The Kier molecular flexibility index (Phi) is 3.95. The molecule has 0 saturated carbocycles. The van der Waals surface area contributed by atoms with Gasteiger partial charge in [-0.15, -0.1) is 0 Å². The highest BCUT2D eigenvalue weighted by molar-refractivity contribution is 6.09. The lowest BCUT2D eigenvalue weighted by atomic mass is 10.0. The van der Waals surface area contributed by atoms with Gasteiger partial charge in [-0.25, -0.2) is 0 Å². The Morgan fingerprint density at radius 3 is 2.89 bits per heavy atom. The van der Waals surface area contributed by atoms with Crippen molar-refractivity contribution in [1.29, 1.82) is 0 Å². The predicted octanol–water partition coefficient (Wildman–Crippen LogP) is 4.24. The van der Waals surface area contributed by atoms with E-state index in [0.29, 0.717) is 0 Å². The maximum absolute atomic E-state index is 4.74. The summed E-state index contributed by atoms with van der Waals surface area (Å²) in [5.41, 5.74) is 5.11. The fourth-order valence-corrected chi connectivity index (χ4v) is 2.09. The second kappa shape index (κ2) is 5.65. The molecule has 0 fully saturated rings. The van der Waals surface area contributed by atoms with E-state index >= 15 is 0 Å². The summed E-state index contributed by atoms with van der Waals surface area (Å²) in [6.45, 7) is 10.0. The van der Waals surface area contributed by atoms with Gasteiger partial charge < -0.3 is 0 Å². The van der Waals surface area contributed by atoms with Crippen LogP contribution in [-0.4, -0.2) is 15.9 Å². The van der Waals surface area contributed by atoms with Gasteiger partial charge in [0.2, 0.25) is 0 Å². The lowest BCUT2D eigenvalue weighted by Gasteiger charge is -2.08. The van der Waals surface area contributed by atoms with Gasteiger partial charge in [-0.05, 0) is 25.8 Å². The van der Waals surface area contributed by atoms with Gasteiger partial charge in [0.15, 0.2) is 0 Å². The van der Waals surface area contributed by atoms with Crippen molar-refractivity contribution in [2.45, 2.75) is 27.2 Å². The van der Waals surface area contributed by atoms with E-state index in [4.69, 9.17) is 4.99 Å². The summed E-state index contributed by atoms with van der Waals surface area (Å²) in [5, 5.41) is 8.26. The van der Waals surface area contributed by atoms with Crippen LogP contribution < -0.4 is 0 Å². The average molecular weight is 253 g/mol. The van der Waals surface area contributed by atoms with E-state index in [0.717, 1.165) is 39.9 Å². The first-order valence-corrected chi connectivity index (χ1v) is 6.49. The zero-order valence-electron chi connectivity index (χ0n) is 11.7. The number of fused-ring (bicyclic) bond motifs is 1. The average Bonchev–Trinajstić information content (AvgIpc) is 2.88. The number of aromatic amines is 1. The van der Waals surface area contributed by atoms with Crippen LogP contribution >= 0.6 is 0 Å². The quantitative estimate of drug-likeness (QED) is 0.642. The summed E-state index contributed by atoms with van der Waals surface area (Å²) >= 11 is 0. The van der Waals surface area contributed by atoms with Crippen molar-refractivity contribution in [3.63, 3.8) is 0 Å². The van der Waals surface area contributed by atoms with Crippen LogP contribution in [0.15, 0.2) is 53.3 Å². The highest BCUT2D eigenvalue weighted by Gasteiger charge is 2.08. The second-order valence-electron chi connectivity index (χ2n) is 4.51. The third-order valence-corrected chi connectivity index (χ3v) is 3.09. The fraction of sp³-hybridized carbons (Fsp3) is 0.250. The molecule has 0 aliphatic heterocycles. The summed E-state index contributed by atoms with van der Waals surface area (Å²) in [6, 6.07) is 6.16. The van der Waals surface area contributed by atoms with Crippen molar-refractivity contribution in [2.75, 3.05) is 0 Å². The molecule has 1 aromatic heterocycles. The highest BCUT2D eigenvalue weighted by Crippen LogP contribution is 2.20. The summed E-state index contributed by atoms with van der Waals surface area (Å²) in [7, 11) is 0. The van der Waals surface area contributed by atoms with Crippen molar-refractivity contribution in [3.05, 3.63) is 53.9 Å². The SMILES string of the molecule is C=C(C)/C(=C/C)N=C(CC)c1cccc2cn[nH]c12. The van der Waals surface area contributed by atoms with Crippen LogP contribution in [0.2, 0.25) is 0 Å². The minimum atomic E-state index is 0.864. The number of nitrogens with zero attached hydrogens (tertiary/aromatic N) is 2. The Morgan fingerprint density at radius 2 is 2.26 bits per heavy atom. The number of rotatable bonds is 4. The van der Waals surface area contributed by atoms with Gasteiger partial charge in [-0.1, -0.05) is 37.8 Å². The first-order valence-electron chi connectivity index (χ1n) is 6.49. The monoisotopic (exact) mass is 253 g/mol. The molecule has 1 heterocycles. The Hall–Kier alpha value is -2.16. The fourth-order valence-electron chi connectivity index (χ4n) is 2.09. The summed E-state index contributed by atoms with van der Waals surface area (Å²) in [6.07, 6.45) is 4.69. The normalized spacial score (nSPS) is 13.0. The first kappa shape index (κ1) is 13.3. The van der Waals surface area contributed by atoms with Gasteiger partial charge in [0, 0.05) is 10.9 Å². The van der Waals surface area contributed by atoms with E-state index in [9.17, 15) is 0 Å². The molecule has 1 N–H and O–H groups in total. The Bertz CT molecular complexity index is 659. The van der Waals surface area contributed by atoms with E-state index in [1.165, 1.54) is 0 Å². The third kappa shape index (κ3) is 2.65. The van der Waals surface area contributed by atoms with E-state index in [1.807, 2.05) is 38.3 Å². The van der Waals surface area contributed by atoms with Gasteiger partial charge >= 0.3 is 0 Å². The molecule has 2 rings (SSSR count). The van der Waals surface area contributed by atoms with Crippen molar-refractivity contribution in [3.8, 4) is 0 Å². The minimum Gasteiger partial charge on any atom is -0.277 e. The van der Waals surface area contributed by atoms with Crippen LogP contribution in [0.5, 0.6) is 0 Å². The highest BCUT2D eigenvalue weighted by atomic mass is 15.1. The molecule has 0 atom stereocenters. The van der Waals surface area contributed by atoms with E-state index in [1.54, 1.807) is 0 Å². The third-order valence-electron chi connectivity index (χ3n) is 3.09. The summed E-state index contributed by atoms with van der Waals surface area (Å²) < 4.78 is 0. The topological polar surface area (TPSA) is 41.0 Å². The maximum Gasteiger partial charge on any atom is 0.0740 e. The Balaban J connectivity index is 2.56. The minimum absolute atomic E-state index is 0.864. The Labute approximate surface area is 113 Å². The number of benzene rings is 1. The van der Waals surface area contributed by atoms with Gasteiger partial charge in [0.1, 0.15) is 0 Å². The zero-order valence-corrected chi connectivity index (χ0v) is 11.7. The molecule has 0 aliphatic rings. The molecule has 0 aliphatic carbocycles. The van der Waals surface area contributed by atoms with Crippen molar-refractivity contribution >= 4 is 16.6 Å².